The molecule has 1 fully saturated rings. The number of nitrogens with zero attached hydrogens (tertiary/aromatic N) is 5. The zero-order valence-corrected chi connectivity index (χ0v) is 27.6. The molecule has 0 aliphatic carbocycles. The Morgan fingerprint density at radius 1 is 1.12 bits per heavy atom. The van der Waals surface area contributed by atoms with Crippen molar-refractivity contribution in [3.05, 3.63) is 76.6 Å². The topological polar surface area (TPSA) is 76.6 Å². The van der Waals surface area contributed by atoms with Gasteiger partial charge in [0.1, 0.15) is 11.4 Å². The van der Waals surface area contributed by atoms with Crippen LogP contribution < -0.4 is 4.90 Å². The van der Waals surface area contributed by atoms with E-state index in [-0.39, 0.29) is 6.09 Å². The molecule has 1 amide bonds. The second-order valence-electron chi connectivity index (χ2n) is 12.5. The highest BCUT2D eigenvalue weighted by Gasteiger charge is 2.27. The van der Waals surface area contributed by atoms with Gasteiger partial charge in [-0.2, -0.15) is 0 Å². The highest BCUT2D eigenvalue weighted by atomic mass is 79.9. The third kappa shape index (κ3) is 7.32. The maximum Gasteiger partial charge on any atom is 0.410 e. The van der Waals surface area contributed by atoms with E-state index in [1.807, 2.05) is 56.6 Å². The van der Waals surface area contributed by atoms with Crippen LogP contribution >= 0.6 is 15.9 Å². The lowest BCUT2D eigenvalue weighted by Gasteiger charge is -2.34. The van der Waals surface area contributed by atoms with Crippen molar-refractivity contribution in [1.29, 1.82) is 0 Å². The fourth-order valence-corrected chi connectivity index (χ4v) is 6.45. The molecule has 8 nitrogen and oxygen atoms in total. The number of aryl methyl sites for hydroxylation is 3. The number of hydrogen-bond acceptors (Lipinski definition) is 6. The van der Waals surface area contributed by atoms with Gasteiger partial charge in [-0.25, -0.2) is 9.78 Å². The summed E-state index contributed by atoms with van der Waals surface area (Å²) in [6, 6.07) is 13.1. The van der Waals surface area contributed by atoms with E-state index < -0.39 is 5.60 Å². The number of benzene rings is 2. The maximum absolute atomic E-state index is 12.5. The molecule has 0 saturated carbocycles. The van der Waals surface area contributed by atoms with Crippen LogP contribution in [0.4, 0.5) is 16.2 Å². The predicted octanol–water partition coefficient (Wildman–Crippen LogP) is 8.78. The smallest absolute Gasteiger partial charge is 0.410 e. The minimum atomic E-state index is -0.468. The van der Waals surface area contributed by atoms with Crippen LogP contribution in [0.2, 0.25) is 0 Å². The fourth-order valence-electron chi connectivity index (χ4n) is 5.88. The van der Waals surface area contributed by atoms with E-state index in [2.05, 4.69) is 74.3 Å². The number of ether oxygens (including phenoxy) is 1. The molecular weight excluding hydrogens is 606 g/mol. The highest BCUT2D eigenvalue weighted by Crippen LogP contribution is 2.37. The summed E-state index contributed by atoms with van der Waals surface area (Å²) in [6.07, 6.45) is 9.49. The van der Waals surface area contributed by atoms with Gasteiger partial charge in [0.2, 0.25) is 0 Å². The molecule has 0 spiro atoms. The van der Waals surface area contributed by atoms with Crippen molar-refractivity contribution in [3.63, 3.8) is 0 Å². The molecule has 4 aromatic rings. The number of rotatable bonds is 8. The molecule has 0 atom stereocenters. The molecule has 0 radical (unpaired) electrons. The summed E-state index contributed by atoms with van der Waals surface area (Å²) in [7, 11) is 0. The molecule has 228 valence electrons. The third-order valence-corrected chi connectivity index (χ3v) is 8.74. The van der Waals surface area contributed by atoms with E-state index in [0.717, 1.165) is 83.7 Å². The summed E-state index contributed by atoms with van der Waals surface area (Å²) in [5.41, 5.74) is 7.11. The van der Waals surface area contributed by atoms with Gasteiger partial charge < -0.3 is 23.6 Å². The number of imidazole rings is 1. The first-order valence-electron chi connectivity index (χ1n) is 15.1. The lowest BCUT2D eigenvalue weighted by Crippen LogP contribution is -2.41. The first-order valence-corrected chi connectivity index (χ1v) is 15.9. The van der Waals surface area contributed by atoms with E-state index in [0.29, 0.717) is 5.92 Å². The summed E-state index contributed by atoms with van der Waals surface area (Å²) in [5.74, 6) is 1.41. The zero-order chi connectivity index (χ0) is 30.7. The van der Waals surface area contributed by atoms with Crippen molar-refractivity contribution in [2.45, 2.75) is 72.8 Å². The highest BCUT2D eigenvalue weighted by molar-refractivity contribution is 9.10. The number of hydrogen-bond donors (Lipinski definition) is 0. The van der Waals surface area contributed by atoms with Crippen LogP contribution in [0.5, 0.6) is 0 Å². The number of likely N-dealkylation sites (tertiary alicyclic amines) is 1. The van der Waals surface area contributed by atoms with Crippen LogP contribution in [-0.2, 0) is 4.74 Å². The van der Waals surface area contributed by atoms with Gasteiger partial charge in [0.25, 0.3) is 0 Å². The van der Waals surface area contributed by atoms with Crippen LogP contribution in [0.25, 0.3) is 16.8 Å². The van der Waals surface area contributed by atoms with Crippen LogP contribution in [0.3, 0.4) is 0 Å². The predicted molar refractivity (Wildman–Crippen MR) is 174 cm³/mol. The first kappa shape index (κ1) is 30.9. The van der Waals surface area contributed by atoms with Crippen LogP contribution in [0, 0.1) is 26.7 Å². The Balaban J connectivity index is 1.36. The molecule has 43 heavy (non-hydrogen) atoms. The van der Waals surface area contributed by atoms with Crippen LogP contribution in [0.1, 0.15) is 63.5 Å². The molecular formula is C34H42BrN5O3. The van der Waals surface area contributed by atoms with Gasteiger partial charge in [0.15, 0.2) is 0 Å². The van der Waals surface area contributed by atoms with Gasteiger partial charge in [-0.1, -0.05) is 17.3 Å². The van der Waals surface area contributed by atoms with E-state index in [9.17, 15) is 4.79 Å². The first-order chi connectivity index (χ1) is 20.5. The number of halogens is 1. The van der Waals surface area contributed by atoms with Gasteiger partial charge in [-0.05, 0) is 124 Å². The zero-order valence-electron chi connectivity index (χ0n) is 26.1. The summed E-state index contributed by atoms with van der Waals surface area (Å²) < 4.78 is 14.1. The molecule has 0 bridgehead atoms. The van der Waals surface area contributed by atoms with Crippen molar-refractivity contribution in [3.8, 4) is 16.8 Å². The fraction of sp³-hybridized carbons (Fsp3) is 0.441. The lowest BCUT2D eigenvalue weighted by atomic mass is 9.92. The van der Waals surface area contributed by atoms with Gasteiger partial charge >= 0.3 is 6.09 Å². The molecule has 0 unspecified atom stereocenters. The summed E-state index contributed by atoms with van der Waals surface area (Å²) >= 11 is 3.82. The second-order valence-corrected chi connectivity index (χ2v) is 13.4. The quantitative estimate of drug-likeness (QED) is 0.190. The largest absolute Gasteiger partial charge is 0.444 e. The normalized spacial score (nSPS) is 14.3. The Labute approximate surface area is 263 Å². The molecule has 3 heterocycles. The monoisotopic (exact) mass is 647 g/mol. The average molecular weight is 649 g/mol. The van der Waals surface area contributed by atoms with Gasteiger partial charge in [0, 0.05) is 53.4 Å². The van der Waals surface area contributed by atoms with Gasteiger partial charge in [-0.3, -0.25) is 0 Å². The van der Waals surface area contributed by atoms with Crippen molar-refractivity contribution < 1.29 is 14.1 Å². The Kier molecular flexibility index (Phi) is 9.30. The summed E-state index contributed by atoms with van der Waals surface area (Å²) in [4.78, 5) is 21.0. The standard InChI is InChI=1S/C34H42BrN5O3/c1-23-9-10-27(32-24(2)37-43-25(32)3)20-31(23)40(28-11-12-30(29(35)21-28)39-19-15-36-22-39)16-7-8-26-13-17-38(18-14-26)33(41)42-34(4,5)6/h9-12,15,19-22,26H,7-8,13-14,16-18H2,1-6H3. The Hall–Kier alpha value is -3.59. The number of carbonyl (C=O) groups is 1. The van der Waals surface area contributed by atoms with E-state index in [1.165, 1.54) is 11.3 Å². The van der Waals surface area contributed by atoms with Crippen LogP contribution in [-0.4, -0.2) is 50.9 Å². The third-order valence-electron chi connectivity index (χ3n) is 8.11. The summed E-state index contributed by atoms with van der Waals surface area (Å²) in [6.45, 7) is 14.2. The van der Waals surface area contributed by atoms with Gasteiger partial charge in [-0.15, -0.1) is 0 Å². The lowest BCUT2D eigenvalue weighted by molar-refractivity contribution is 0.0181. The number of aromatic nitrogens is 3. The second kappa shape index (κ2) is 13.0. The molecule has 5 rings (SSSR count). The molecule has 2 aromatic heterocycles. The van der Waals surface area contributed by atoms with E-state index in [4.69, 9.17) is 9.26 Å². The molecule has 0 N–H and O–H groups in total. The maximum atomic E-state index is 12.5. The Morgan fingerprint density at radius 2 is 1.88 bits per heavy atom. The van der Waals surface area contributed by atoms with E-state index in [1.54, 1.807) is 6.20 Å². The SMILES string of the molecule is Cc1ccc(-c2c(C)noc2C)cc1N(CCCC1CCN(C(=O)OC(C)(C)C)CC1)c1ccc(-n2ccnc2)c(Br)c1. The molecule has 1 saturated heterocycles. The average Bonchev–Trinajstić information content (AvgIpc) is 3.61. The minimum absolute atomic E-state index is 0.199. The Morgan fingerprint density at radius 3 is 2.51 bits per heavy atom. The number of amides is 1. The van der Waals surface area contributed by atoms with Crippen LogP contribution in [0.15, 0.2) is 64.1 Å². The number of carbonyl (C=O) groups excluding carboxylic acids is 1. The molecule has 2 aromatic carbocycles. The number of piperidine rings is 1. The van der Waals surface area contributed by atoms with Crippen molar-refractivity contribution in [2.75, 3.05) is 24.5 Å². The molecule has 1 aliphatic rings. The van der Waals surface area contributed by atoms with Crippen molar-refractivity contribution >= 4 is 33.4 Å². The van der Waals surface area contributed by atoms with E-state index >= 15 is 0 Å². The van der Waals surface area contributed by atoms with Crippen molar-refractivity contribution in [1.82, 2.24) is 19.6 Å². The minimum Gasteiger partial charge on any atom is -0.444 e. The van der Waals surface area contributed by atoms with Crippen molar-refractivity contribution in [2.24, 2.45) is 5.92 Å². The molecule has 9 heteroatoms. The molecule has 1 aliphatic heterocycles. The Bertz CT molecular complexity index is 1530. The summed E-state index contributed by atoms with van der Waals surface area (Å²) in [5, 5.41) is 4.19. The number of anilines is 2. The van der Waals surface area contributed by atoms with Gasteiger partial charge in [0.05, 0.1) is 17.7 Å².